The van der Waals surface area contributed by atoms with Gasteiger partial charge >= 0.3 is 0 Å². The molecule has 18 heavy (non-hydrogen) atoms. The molecular weight excluding hydrogens is 234 g/mol. The van der Waals surface area contributed by atoms with E-state index >= 15 is 0 Å². The van der Waals surface area contributed by atoms with Gasteiger partial charge in [0.15, 0.2) is 0 Å². The maximum absolute atomic E-state index is 11.6. The van der Waals surface area contributed by atoms with Gasteiger partial charge in [0.1, 0.15) is 0 Å². The van der Waals surface area contributed by atoms with Crippen molar-refractivity contribution >= 4 is 11.8 Å². The van der Waals surface area contributed by atoms with Gasteiger partial charge in [-0.25, -0.2) is 0 Å². The monoisotopic (exact) mass is 251 g/mol. The number of amides is 2. The van der Waals surface area contributed by atoms with Gasteiger partial charge in [-0.2, -0.15) is 0 Å². The normalized spacial score (nSPS) is 10.2. The van der Waals surface area contributed by atoms with E-state index in [0.717, 1.165) is 0 Å². The van der Waals surface area contributed by atoms with E-state index in [1.54, 1.807) is 13.8 Å². The molecule has 0 saturated heterocycles. The summed E-state index contributed by atoms with van der Waals surface area (Å²) in [7, 11) is 0. The van der Waals surface area contributed by atoms with Crippen molar-refractivity contribution in [2.75, 3.05) is 13.1 Å². The van der Waals surface area contributed by atoms with Crippen LogP contribution in [-0.4, -0.2) is 29.9 Å². The standard InChI is InChI=1S/C12H17N3O3/c1-8(2)11(17)14-5-6-15-12(18)9-3-4-13-10(16)7-9/h3-4,7-8H,5-6H2,1-2H3,(H,13,16)(H,14,17)(H,15,18). The highest BCUT2D eigenvalue weighted by Crippen LogP contribution is 1.92. The molecule has 0 fully saturated rings. The maximum Gasteiger partial charge on any atom is 0.251 e. The molecule has 2 amide bonds. The second-order valence-corrected chi connectivity index (χ2v) is 4.14. The van der Waals surface area contributed by atoms with Crippen LogP contribution in [0.15, 0.2) is 23.1 Å². The summed E-state index contributed by atoms with van der Waals surface area (Å²) >= 11 is 0. The molecule has 0 aliphatic carbocycles. The van der Waals surface area contributed by atoms with Gasteiger partial charge in [-0.05, 0) is 6.07 Å². The van der Waals surface area contributed by atoms with Crippen LogP contribution in [0, 0.1) is 5.92 Å². The fraction of sp³-hybridized carbons (Fsp3) is 0.417. The molecule has 0 spiro atoms. The highest BCUT2D eigenvalue weighted by Gasteiger charge is 2.07. The summed E-state index contributed by atoms with van der Waals surface area (Å²) in [5.41, 5.74) is -0.0234. The molecule has 1 aromatic rings. The molecule has 1 aromatic heterocycles. The Hall–Kier alpha value is -2.11. The number of nitrogens with one attached hydrogen (secondary N) is 3. The van der Waals surface area contributed by atoms with Gasteiger partial charge in [0.2, 0.25) is 11.5 Å². The Labute approximate surface area is 105 Å². The number of rotatable bonds is 5. The average molecular weight is 251 g/mol. The average Bonchev–Trinajstić information content (AvgIpc) is 2.33. The summed E-state index contributed by atoms with van der Waals surface area (Å²) in [6.45, 7) is 4.28. The number of aromatic nitrogens is 1. The van der Waals surface area contributed by atoms with Crippen molar-refractivity contribution < 1.29 is 9.59 Å². The van der Waals surface area contributed by atoms with Crippen LogP contribution in [0.2, 0.25) is 0 Å². The number of hydrogen-bond acceptors (Lipinski definition) is 3. The van der Waals surface area contributed by atoms with Crippen LogP contribution in [-0.2, 0) is 4.79 Å². The number of hydrogen-bond donors (Lipinski definition) is 3. The molecule has 0 unspecified atom stereocenters. The van der Waals surface area contributed by atoms with Crippen LogP contribution >= 0.6 is 0 Å². The fourth-order valence-electron chi connectivity index (χ4n) is 1.25. The van der Waals surface area contributed by atoms with Gasteiger partial charge in [-0.1, -0.05) is 13.8 Å². The van der Waals surface area contributed by atoms with Crippen molar-refractivity contribution in [3.63, 3.8) is 0 Å². The quantitative estimate of drug-likeness (QED) is 0.637. The Morgan fingerprint density at radius 2 is 1.94 bits per heavy atom. The van der Waals surface area contributed by atoms with Gasteiger partial charge in [-0.15, -0.1) is 0 Å². The highest BCUT2D eigenvalue weighted by atomic mass is 16.2. The lowest BCUT2D eigenvalue weighted by Crippen LogP contribution is -2.36. The van der Waals surface area contributed by atoms with E-state index in [1.807, 2.05) is 0 Å². The van der Waals surface area contributed by atoms with E-state index < -0.39 is 0 Å². The van der Waals surface area contributed by atoms with E-state index in [4.69, 9.17) is 0 Å². The van der Waals surface area contributed by atoms with Gasteiger partial charge in [-0.3, -0.25) is 14.4 Å². The molecular formula is C12H17N3O3. The predicted octanol–water partition coefficient (Wildman–Crippen LogP) is -0.123. The SMILES string of the molecule is CC(C)C(=O)NCCNC(=O)c1cc[nH]c(=O)c1. The second-order valence-electron chi connectivity index (χ2n) is 4.14. The zero-order valence-corrected chi connectivity index (χ0v) is 10.4. The van der Waals surface area contributed by atoms with Crippen molar-refractivity contribution in [2.24, 2.45) is 5.92 Å². The third-order valence-corrected chi connectivity index (χ3v) is 2.27. The summed E-state index contributed by atoms with van der Waals surface area (Å²) in [4.78, 5) is 36.3. The van der Waals surface area contributed by atoms with Crippen molar-refractivity contribution in [2.45, 2.75) is 13.8 Å². The molecule has 0 aliphatic rings. The molecule has 0 aromatic carbocycles. The van der Waals surface area contributed by atoms with E-state index in [-0.39, 0.29) is 23.3 Å². The van der Waals surface area contributed by atoms with E-state index in [9.17, 15) is 14.4 Å². The number of pyridine rings is 1. The molecule has 6 nitrogen and oxygen atoms in total. The van der Waals surface area contributed by atoms with Crippen molar-refractivity contribution in [1.29, 1.82) is 0 Å². The van der Waals surface area contributed by atoms with E-state index in [1.165, 1.54) is 18.3 Å². The Morgan fingerprint density at radius 1 is 1.28 bits per heavy atom. The Balaban J connectivity index is 2.34. The number of H-pyrrole nitrogens is 1. The van der Waals surface area contributed by atoms with Crippen LogP contribution in [0.1, 0.15) is 24.2 Å². The highest BCUT2D eigenvalue weighted by molar-refractivity contribution is 5.93. The number of carbonyl (C=O) groups excluding carboxylic acids is 2. The van der Waals surface area contributed by atoms with Crippen LogP contribution < -0.4 is 16.2 Å². The van der Waals surface area contributed by atoms with Crippen LogP contribution in [0.4, 0.5) is 0 Å². The smallest absolute Gasteiger partial charge is 0.251 e. The summed E-state index contributed by atoms with van der Waals surface area (Å²) in [5.74, 6) is -0.464. The van der Waals surface area contributed by atoms with Crippen molar-refractivity contribution in [1.82, 2.24) is 15.6 Å². The lowest BCUT2D eigenvalue weighted by atomic mass is 10.2. The topological polar surface area (TPSA) is 91.1 Å². The first-order valence-electron chi connectivity index (χ1n) is 5.75. The minimum Gasteiger partial charge on any atom is -0.354 e. The molecule has 0 aliphatic heterocycles. The molecule has 1 heterocycles. The molecule has 0 saturated carbocycles. The molecule has 0 atom stereocenters. The predicted molar refractivity (Wildman–Crippen MR) is 67.2 cm³/mol. The zero-order chi connectivity index (χ0) is 13.5. The molecule has 3 N–H and O–H groups in total. The lowest BCUT2D eigenvalue weighted by Gasteiger charge is -2.08. The summed E-state index contributed by atoms with van der Waals surface area (Å²) in [6.07, 6.45) is 1.41. The summed E-state index contributed by atoms with van der Waals surface area (Å²) in [6, 6.07) is 2.74. The molecule has 0 bridgehead atoms. The van der Waals surface area contributed by atoms with Crippen molar-refractivity contribution in [3.05, 3.63) is 34.2 Å². The van der Waals surface area contributed by atoms with Crippen LogP contribution in [0.3, 0.4) is 0 Å². The molecule has 6 heteroatoms. The van der Waals surface area contributed by atoms with Gasteiger partial charge in [0.05, 0.1) is 0 Å². The third kappa shape index (κ3) is 4.40. The second kappa shape index (κ2) is 6.58. The summed E-state index contributed by atoms with van der Waals surface area (Å²) in [5, 5.41) is 5.29. The van der Waals surface area contributed by atoms with Crippen LogP contribution in [0.5, 0.6) is 0 Å². The molecule has 98 valence electrons. The molecule has 0 radical (unpaired) electrons. The van der Waals surface area contributed by atoms with E-state index in [2.05, 4.69) is 15.6 Å². The Morgan fingerprint density at radius 3 is 2.56 bits per heavy atom. The number of carbonyl (C=O) groups is 2. The van der Waals surface area contributed by atoms with Gasteiger partial charge in [0.25, 0.3) is 5.91 Å². The number of aromatic amines is 1. The minimum absolute atomic E-state index is 0.0552. The first-order valence-corrected chi connectivity index (χ1v) is 5.75. The maximum atomic E-state index is 11.6. The molecule has 1 rings (SSSR count). The largest absolute Gasteiger partial charge is 0.354 e. The first-order chi connectivity index (χ1) is 8.50. The Kier molecular flexibility index (Phi) is 5.10. The third-order valence-electron chi connectivity index (χ3n) is 2.27. The van der Waals surface area contributed by atoms with Crippen LogP contribution in [0.25, 0.3) is 0 Å². The lowest BCUT2D eigenvalue weighted by molar-refractivity contribution is -0.123. The zero-order valence-electron chi connectivity index (χ0n) is 10.4. The van der Waals surface area contributed by atoms with Gasteiger partial charge < -0.3 is 15.6 Å². The Bertz CT molecular complexity index is 479. The minimum atomic E-state index is -0.333. The van der Waals surface area contributed by atoms with Gasteiger partial charge in [0, 0.05) is 36.8 Å². The van der Waals surface area contributed by atoms with E-state index in [0.29, 0.717) is 18.7 Å². The van der Waals surface area contributed by atoms with Crippen molar-refractivity contribution in [3.8, 4) is 0 Å². The first kappa shape index (κ1) is 14.0. The fourth-order valence-corrected chi connectivity index (χ4v) is 1.25. The summed E-state index contributed by atoms with van der Waals surface area (Å²) < 4.78 is 0.